The van der Waals surface area contributed by atoms with Crippen molar-refractivity contribution >= 4 is 23.3 Å². The van der Waals surface area contributed by atoms with Crippen molar-refractivity contribution in [3.05, 3.63) is 28.8 Å². The normalized spacial score (nSPS) is 24.4. The second-order valence-electron chi connectivity index (χ2n) is 6.21. The zero-order chi connectivity index (χ0) is 17.5. The molecule has 2 amide bonds. The van der Waals surface area contributed by atoms with E-state index >= 15 is 0 Å². The Morgan fingerprint density at radius 1 is 1.42 bits per heavy atom. The summed E-state index contributed by atoms with van der Waals surface area (Å²) in [4.78, 5) is 13.3. The number of nitrogens with one attached hydrogen (secondary N) is 1. The number of fused-ring (bicyclic) bond motifs is 1. The first-order chi connectivity index (χ1) is 11.3. The zero-order valence-corrected chi connectivity index (χ0v) is 13.9. The molecule has 3 rings (SSSR count). The molecule has 1 aliphatic carbocycles. The second-order valence-corrected chi connectivity index (χ2v) is 6.65. The van der Waals surface area contributed by atoms with Crippen molar-refractivity contribution in [2.24, 2.45) is 5.92 Å². The summed E-state index contributed by atoms with van der Waals surface area (Å²) in [7, 11) is 0. The van der Waals surface area contributed by atoms with Crippen molar-refractivity contribution in [2.45, 2.75) is 31.5 Å². The highest BCUT2D eigenvalue weighted by atomic mass is 35.5. The SMILES string of the molecule is CCN1CC(OCC2CC2)(C(F)(F)F)c2cc(Cl)ccc2NC1=O. The van der Waals surface area contributed by atoms with Gasteiger partial charge in [-0.05, 0) is 43.9 Å². The lowest BCUT2D eigenvalue weighted by molar-refractivity contribution is -0.288. The van der Waals surface area contributed by atoms with E-state index < -0.39 is 24.4 Å². The van der Waals surface area contributed by atoms with Crippen molar-refractivity contribution in [2.75, 3.05) is 25.0 Å². The molecule has 1 unspecified atom stereocenters. The third-order valence-corrected chi connectivity index (χ3v) is 4.70. The molecule has 1 aromatic carbocycles. The van der Waals surface area contributed by atoms with Gasteiger partial charge in [0, 0.05) is 22.8 Å². The topological polar surface area (TPSA) is 41.6 Å². The maximum absolute atomic E-state index is 14.2. The minimum Gasteiger partial charge on any atom is -0.359 e. The van der Waals surface area contributed by atoms with Crippen molar-refractivity contribution in [3.8, 4) is 0 Å². The van der Waals surface area contributed by atoms with E-state index in [1.165, 1.54) is 18.2 Å². The molecule has 1 aliphatic heterocycles. The number of carbonyl (C=O) groups excluding carboxylic acids is 1. The van der Waals surface area contributed by atoms with E-state index in [4.69, 9.17) is 16.3 Å². The molecule has 1 saturated carbocycles. The Balaban J connectivity index is 2.14. The van der Waals surface area contributed by atoms with Gasteiger partial charge in [-0.25, -0.2) is 4.79 Å². The summed E-state index contributed by atoms with van der Waals surface area (Å²) in [5, 5.41) is 2.69. The number of anilines is 1. The quantitative estimate of drug-likeness (QED) is 0.863. The summed E-state index contributed by atoms with van der Waals surface area (Å²) in [6, 6.07) is 3.48. The van der Waals surface area contributed by atoms with Crippen LogP contribution in [0, 0.1) is 5.92 Å². The monoisotopic (exact) mass is 362 g/mol. The first kappa shape index (κ1) is 17.4. The number of amides is 2. The van der Waals surface area contributed by atoms with Crippen molar-refractivity contribution in [1.29, 1.82) is 0 Å². The fraction of sp³-hybridized carbons (Fsp3) is 0.562. The van der Waals surface area contributed by atoms with Gasteiger partial charge >= 0.3 is 12.2 Å². The van der Waals surface area contributed by atoms with Crippen LogP contribution in [-0.4, -0.2) is 36.8 Å². The van der Waals surface area contributed by atoms with E-state index in [0.717, 1.165) is 17.7 Å². The number of carbonyl (C=O) groups is 1. The fourth-order valence-corrected chi connectivity index (χ4v) is 3.00. The summed E-state index contributed by atoms with van der Waals surface area (Å²) in [5.41, 5.74) is -2.66. The minimum absolute atomic E-state index is 0.0111. The van der Waals surface area contributed by atoms with Crippen LogP contribution in [0.15, 0.2) is 18.2 Å². The number of hydrogen-bond acceptors (Lipinski definition) is 2. The summed E-state index contributed by atoms with van der Waals surface area (Å²) in [5.74, 6) is 0.147. The molecule has 132 valence electrons. The number of hydrogen-bond donors (Lipinski definition) is 1. The summed E-state index contributed by atoms with van der Waals surface area (Å²) in [6.45, 7) is 1.18. The van der Waals surface area contributed by atoms with Gasteiger partial charge in [-0.3, -0.25) is 0 Å². The molecule has 8 heteroatoms. The lowest BCUT2D eigenvalue weighted by Crippen LogP contribution is -2.53. The number of nitrogens with zero attached hydrogens (tertiary/aromatic N) is 1. The lowest BCUT2D eigenvalue weighted by atomic mass is 9.90. The van der Waals surface area contributed by atoms with E-state index in [9.17, 15) is 18.0 Å². The Labute approximate surface area is 142 Å². The van der Waals surface area contributed by atoms with Crippen LogP contribution in [0.5, 0.6) is 0 Å². The standard InChI is InChI=1S/C16H18ClF3N2O2/c1-2-22-9-15(16(18,19)20,24-8-10-3-4-10)12-7-11(17)5-6-13(12)21-14(22)23/h5-7,10H,2-4,8-9H2,1H3,(H,21,23). The van der Waals surface area contributed by atoms with Crippen LogP contribution in [0.25, 0.3) is 0 Å². The lowest BCUT2D eigenvalue weighted by Gasteiger charge is -2.38. The summed E-state index contributed by atoms with van der Waals surface area (Å²) >= 11 is 5.94. The molecule has 0 radical (unpaired) electrons. The molecule has 1 N–H and O–H groups in total. The fourth-order valence-electron chi connectivity index (χ4n) is 2.83. The van der Waals surface area contributed by atoms with E-state index in [1.807, 2.05) is 0 Å². The molecule has 0 aromatic heterocycles. The molecule has 24 heavy (non-hydrogen) atoms. The number of rotatable bonds is 4. The van der Waals surface area contributed by atoms with E-state index in [2.05, 4.69) is 5.32 Å². The summed E-state index contributed by atoms with van der Waals surface area (Å²) in [6.07, 6.45) is -2.96. The highest BCUT2D eigenvalue weighted by Crippen LogP contribution is 2.48. The van der Waals surface area contributed by atoms with Gasteiger partial charge in [0.1, 0.15) is 0 Å². The number of ether oxygens (including phenoxy) is 1. The minimum atomic E-state index is -4.69. The second kappa shape index (κ2) is 6.11. The molecular formula is C16H18ClF3N2O2. The Hall–Kier alpha value is -1.47. The highest BCUT2D eigenvalue weighted by Gasteiger charge is 2.61. The van der Waals surface area contributed by atoms with Crippen molar-refractivity contribution in [1.82, 2.24) is 4.90 Å². The van der Waals surface area contributed by atoms with Crippen LogP contribution in [0.3, 0.4) is 0 Å². The van der Waals surface area contributed by atoms with Crippen LogP contribution >= 0.6 is 11.6 Å². The highest BCUT2D eigenvalue weighted by molar-refractivity contribution is 6.30. The maximum atomic E-state index is 14.2. The first-order valence-electron chi connectivity index (χ1n) is 7.83. The van der Waals surface area contributed by atoms with Crippen LogP contribution in [0.2, 0.25) is 5.02 Å². The van der Waals surface area contributed by atoms with Crippen LogP contribution in [0.1, 0.15) is 25.3 Å². The number of benzene rings is 1. The van der Waals surface area contributed by atoms with Gasteiger partial charge in [0.15, 0.2) is 0 Å². The molecule has 1 atom stereocenters. The zero-order valence-electron chi connectivity index (χ0n) is 13.1. The molecule has 1 fully saturated rings. The molecule has 1 aromatic rings. The predicted molar refractivity (Wildman–Crippen MR) is 84.1 cm³/mol. The maximum Gasteiger partial charge on any atom is 0.423 e. The van der Waals surface area contributed by atoms with Gasteiger partial charge < -0.3 is 15.0 Å². The Bertz CT molecular complexity index is 649. The van der Waals surface area contributed by atoms with Crippen molar-refractivity contribution in [3.63, 3.8) is 0 Å². The van der Waals surface area contributed by atoms with Crippen LogP contribution in [-0.2, 0) is 10.3 Å². The summed E-state index contributed by atoms with van der Waals surface area (Å²) < 4.78 is 48.0. The number of urea groups is 1. The van der Waals surface area contributed by atoms with Gasteiger partial charge in [0.25, 0.3) is 0 Å². The first-order valence-corrected chi connectivity index (χ1v) is 8.21. The molecule has 2 aliphatic rings. The van der Waals surface area contributed by atoms with E-state index in [1.54, 1.807) is 6.92 Å². The van der Waals surface area contributed by atoms with Gasteiger partial charge in [0.2, 0.25) is 5.60 Å². The predicted octanol–water partition coefficient (Wildman–Crippen LogP) is 4.39. The van der Waals surface area contributed by atoms with Crippen molar-refractivity contribution < 1.29 is 22.7 Å². The Kier molecular flexibility index (Phi) is 4.42. The Morgan fingerprint density at radius 3 is 2.71 bits per heavy atom. The largest absolute Gasteiger partial charge is 0.423 e. The van der Waals surface area contributed by atoms with Gasteiger partial charge in [0.05, 0.1) is 13.2 Å². The third kappa shape index (κ3) is 3.07. The molecule has 0 saturated heterocycles. The van der Waals surface area contributed by atoms with Crippen LogP contribution in [0.4, 0.5) is 23.7 Å². The molecule has 0 spiro atoms. The number of halogens is 4. The van der Waals surface area contributed by atoms with Crippen LogP contribution < -0.4 is 5.32 Å². The van der Waals surface area contributed by atoms with Gasteiger partial charge in [-0.1, -0.05) is 11.6 Å². The number of likely N-dealkylation sites (N-methyl/N-ethyl adjacent to an activating group) is 1. The van der Waals surface area contributed by atoms with E-state index in [-0.39, 0.29) is 35.3 Å². The molecular weight excluding hydrogens is 345 g/mol. The molecule has 1 heterocycles. The molecule has 4 nitrogen and oxygen atoms in total. The number of alkyl halides is 3. The molecule has 0 bridgehead atoms. The Morgan fingerprint density at radius 2 is 2.12 bits per heavy atom. The van der Waals surface area contributed by atoms with Gasteiger partial charge in [-0.2, -0.15) is 13.2 Å². The smallest absolute Gasteiger partial charge is 0.359 e. The van der Waals surface area contributed by atoms with E-state index in [0.29, 0.717) is 0 Å². The average Bonchev–Trinajstić information content (AvgIpc) is 3.32. The third-order valence-electron chi connectivity index (χ3n) is 4.46. The van der Waals surface area contributed by atoms with Gasteiger partial charge in [-0.15, -0.1) is 0 Å². The average molecular weight is 363 g/mol.